The largest absolute Gasteiger partial charge is 0.497 e. The number of hydrogen-bond acceptors (Lipinski definition) is 4. The van der Waals surface area contributed by atoms with Gasteiger partial charge in [0.25, 0.3) is 0 Å². The van der Waals surface area contributed by atoms with Gasteiger partial charge in [-0.3, -0.25) is 9.69 Å². The minimum absolute atomic E-state index is 0.0851. The van der Waals surface area contributed by atoms with Crippen molar-refractivity contribution in [2.75, 3.05) is 33.4 Å². The van der Waals surface area contributed by atoms with Gasteiger partial charge in [-0.25, -0.2) is 0 Å². The zero-order valence-electron chi connectivity index (χ0n) is 13.5. The Morgan fingerprint density at radius 2 is 2.35 bits per heavy atom. The van der Waals surface area contributed by atoms with Crippen LogP contribution in [0.1, 0.15) is 24.8 Å². The molecule has 3 rings (SSSR count). The highest BCUT2D eigenvalue weighted by atomic mass is 16.5. The van der Waals surface area contributed by atoms with Gasteiger partial charge in [-0.15, -0.1) is 5.92 Å². The van der Waals surface area contributed by atoms with Crippen molar-refractivity contribution in [1.29, 1.82) is 0 Å². The molecule has 0 unspecified atom stereocenters. The molecule has 2 aliphatic rings. The summed E-state index contributed by atoms with van der Waals surface area (Å²) in [5.41, 5.74) is 0.0561. The number of carbonyl (C=O) groups is 1. The molecule has 0 spiro atoms. The van der Waals surface area contributed by atoms with Crippen LogP contribution >= 0.6 is 0 Å². The number of nitrogens with zero attached hydrogens (tertiary/aromatic N) is 1. The lowest BCUT2D eigenvalue weighted by molar-refractivity contribution is -0.151. The lowest BCUT2D eigenvalue weighted by Gasteiger charge is -2.36. The molecule has 1 N–H and O–H groups in total. The summed E-state index contributed by atoms with van der Waals surface area (Å²) in [7, 11) is 1.61. The Balaban J connectivity index is 1.93. The molecule has 0 aromatic heterocycles. The van der Waals surface area contributed by atoms with Crippen molar-refractivity contribution >= 4 is 5.97 Å². The molecule has 2 atom stereocenters. The number of hydrogen-bond donors (Lipinski definition) is 1. The molecule has 0 amide bonds. The second-order valence-corrected chi connectivity index (χ2v) is 6.08. The van der Waals surface area contributed by atoms with E-state index in [1.54, 1.807) is 7.11 Å². The maximum Gasteiger partial charge on any atom is 0.315 e. The summed E-state index contributed by atoms with van der Waals surface area (Å²) in [4.78, 5) is 14.1. The minimum atomic E-state index is -0.893. The van der Waals surface area contributed by atoms with Gasteiger partial charge in [0.1, 0.15) is 23.5 Å². The van der Waals surface area contributed by atoms with E-state index in [0.717, 1.165) is 23.5 Å². The fraction of sp³-hybridized carbons (Fsp3) is 0.500. The Labute approximate surface area is 136 Å². The number of methoxy groups -OCH3 is 1. The number of aliphatic carboxylic acids is 1. The SMILES string of the molecule is CCC#CCN1C[C@H]2c3ccc(OC)cc3OC[C@@]2(C(=O)O)C1. The van der Waals surface area contributed by atoms with E-state index < -0.39 is 11.4 Å². The first-order valence-electron chi connectivity index (χ1n) is 7.83. The minimum Gasteiger partial charge on any atom is -0.497 e. The fourth-order valence-electron chi connectivity index (χ4n) is 3.50. The van der Waals surface area contributed by atoms with E-state index in [-0.39, 0.29) is 12.5 Å². The van der Waals surface area contributed by atoms with Crippen LogP contribution in [0.3, 0.4) is 0 Å². The first-order chi connectivity index (χ1) is 11.1. The third-order valence-electron chi connectivity index (χ3n) is 4.73. The topological polar surface area (TPSA) is 59.0 Å². The summed E-state index contributed by atoms with van der Waals surface area (Å²) in [6.45, 7) is 3.95. The molecule has 2 heterocycles. The standard InChI is InChI=1S/C18H21NO4/c1-3-4-5-8-19-10-15-14-7-6-13(22-2)9-16(14)23-12-18(15,11-19)17(20)21/h6-7,9,15H,3,8,10-12H2,1-2H3,(H,20,21)/t15-,18-/m0/s1. The molecule has 0 aliphatic carbocycles. The Hall–Kier alpha value is -2.19. The number of carboxylic acid groups (broad SMARTS) is 1. The molecular formula is C18H21NO4. The molecule has 5 nitrogen and oxygen atoms in total. The molecule has 1 aromatic carbocycles. The van der Waals surface area contributed by atoms with Gasteiger partial charge in [0.05, 0.1) is 13.7 Å². The summed E-state index contributed by atoms with van der Waals surface area (Å²) in [6.07, 6.45) is 0.813. The van der Waals surface area contributed by atoms with E-state index in [2.05, 4.69) is 16.7 Å². The molecule has 1 saturated heterocycles. The average Bonchev–Trinajstić information content (AvgIpc) is 2.95. The number of ether oxygens (including phenoxy) is 2. The number of carboxylic acids is 1. The van der Waals surface area contributed by atoms with Crippen LogP contribution in [0.25, 0.3) is 0 Å². The average molecular weight is 315 g/mol. The Morgan fingerprint density at radius 1 is 1.52 bits per heavy atom. The number of likely N-dealkylation sites (tertiary alicyclic amines) is 1. The molecule has 0 saturated carbocycles. The Bertz CT molecular complexity index is 675. The Morgan fingerprint density at radius 3 is 3.04 bits per heavy atom. The van der Waals surface area contributed by atoms with Gasteiger partial charge < -0.3 is 14.6 Å². The maximum atomic E-state index is 12.0. The number of fused-ring (bicyclic) bond motifs is 3. The molecule has 23 heavy (non-hydrogen) atoms. The van der Waals surface area contributed by atoms with Gasteiger partial charge in [-0.1, -0.05) is 18.9 Å². The molecule has 1 aromatic rings. The Kier molecular flexibility index (Phi) is 4.18. The number of benzene rings is 1. The van der Waals surface area contributed by atoms with Crippen molar-refractivity contribution in [2.45, 2.75) is 19.3 Å². The zero-order valence-corrected chi connectivity index (χ0v) is 13.5. The van der Waals surface area contributed by atoms with Crippen LogP contribution in [0.2, 0.25) is 0 Å². The van der Waals surface area contributed by atoms with Gasteiger partial charge >= 0.3 is 5.97 Å². The highest BCUT2D eigenvalue weighted by molar-refractivity contribution is 5.78. The fourth-order valence-corrected chi connectivity index (χ4v) is 3.50. The predicted octanol–water partition coefficient (Wildman–Crippen LogP) is 1.97. The summed E-state index contributed by atoms with van der Waals surface area (Å²) in [5.74, 6) is 6.72. The maximum absolute atomic E-state index is 12.0. The summed E-state index contributed by atoms with van der Waals surface area (Å²) in [5, 5.41) is 9.85. The lowest BCUT2D eigenvalue weighted by atomic mass is 9.73. The molecule has 0 radical (unpaired) electrons. The van der Waals surface area contributed by atoms with Crippen LogP contribution in [-0.2, 0) is 4.79 Å². The zero-order chi connectivity index (χ0) is 16.4. The lowest BCUT2D eigenvalue weighted by Crippen LogP contribution is -2.45. The summed E-state index contributed by atoms with van der Waals surface area (Å²) < 4.78 is 11.0. The van der Waals surface area contributed by atoms with Gasteiger partial charge in [0, 0.05) is 37.1 Å². The van der Waals surface area contributed by atoms with Crippen molar-refractivity contribution < 1.29 is 19.4 Å². The second-order valence-electron chi connectivity index (χ2n) is 6.08. The molecule has 0 bridgehead atoms. The number of rotatable bonds is 3. The third-order valence-corrected chi connectivity index (χ3v) is 4.73. The first kappa shape index (κ1) is 15.7. The molecule has 122 valence electrons. The second kappa shape index (κ2) is 6.13. The predicted molar refractivity (Wildman–Crippen MR) is 85.8 cm³/mol. The van der Waals surface area contributed by atoms with Crippen LogP contribution < -0.4 is 9.47 Å². The van der Waals surface area contributed by atoms with E-state index in [4.69, 9.17) is 9.47 Å². The van der Waals surface area contributed by atoms with Crippen LogP contribution in [0.5, 0.6) is 11.5 Å². The highest BCUT2D eigenvalue weighted by Crippen LogP contribution is 2.50. The first-order valence-corrected chi connectivity index (χ1v) is 7.83. The van der Waals surface area contributed by atoms with Crippen molar-refractivity contribution in [2.24, 2.45) is 5.41 Å². The van der Waals surface area contributed by atoms with Crippen molar-refractivity contribution in [1.82, 2.24) is 4.90 Å². The van der Waals surface area contributed by atoms with Crippen LogP contribution in [0.15, 0.2) is 18.2 Å². The normalized spacial score (nSPS) is 25.6. The van der Waals surface area contributed by atoms with E-state index in [9.17, 15) is 9.90 Å². The van der Waals surface area contributed by atoms with Crippen LogP contribution in [0.4, 0.5) is 0 Å². The summed E-state index contributed by atoms with van der Waals surface area (Å²) in [6, 6.07) is 5.62. The quantitative estimate of drug-likeness (QED) is 0.864. The highest BCUT2D eigenvalue weighted by Gasteiger charge is 2.56. The summed E-state index contributed by atoms with van der Waals surface area (Å²) >= 11 is 0. The van der Waals surface area contributed by atoms with Crippen molar-refractivity contribution in [3.8, 4) is 23.3 Å². The van der Waals surface area contributed by atoms with Gasteiger partial charge in [-0.05, 0) is 6.07 Å². The molecule has 5 heteroatoms. The van der Waals surface area contributed by atoms with Crippen LogP contribution in [-0.4, -0.2) is 49.3 Å². The molecular weight excluding hydrogens is 294 g/mol. The van der Waals surface area contributed by atoms with E-state index in [1.165, 1.54) is 0 Å². The monoisotopic (exact) mass is 315 g/mol. The van der Waals surface area contributed by atoms with Crippen molar-refractivity contribution in [3.63, 3.8) is 0 Å². The molecule has 1 fully saturated rings. The van der Waals surface area contributed by atoms with E-state index >= 15 is 0 Å². The van der Waals surface area contributed by atoms with E-state index in [1.807, 2.05) is 25.1 Å². The van der Waals surface area contributed by atoms with Crippen molar-refractivity contribution in [3.05, 3.63) is 23.8 Å². The van der Waals surface area contributed by atoms with Gasteiger partial charge in [0.15, 0.2) is 0 Å². The van der Waals surface area contributed by atoms with Gasteiger partial charge in [0.2, 0.25) is 0 Å². The molecule has 2 aliphatic heterocycles. The van der Waals surface area contributed by atoms with Gasteiger partial charge in [-0.2, -0.15) is 0 Å². The smallest absolute Gasteiger partial charge is 0.315 e. The third kappa shape index (κ3) is 2.64. The van der Waals surface area contributed by atoms with Crippen LogP contribution in [0, 0.1) is 17.3 Å². The van der Waals surface area contributed by atoms with E-state index in [0.29, 0.717) is 19.6 Å².